The minimum atomic E-state index is -0.747. The van der Waals surface area contributed by atoms with Crippen LogP contribution in [0.3, 0.4) is 0 Å². The molecule has 0 bridgehead atoms. The highest BCUT2D eigenvalue weighted by Gasteiger charge is 2.10. The molecule has 1 rings (SSSR count). The molecule has 1 aromatic carbocycles. The zero-order chi connectivity index (χ0) is 13.0. The average Bonchev–Trinajstić information content (AvgIpc) is 2.24. The van der Waals surface area contributed by atoms with Gasteiger partial charge >= 0.3 is 0 Å². The molecule has 0 heterocycles. The molecule has 0 saturated heterocycles. The molecule has 0 aliphatic carbocycles. The van der Waals surface area contributed by atoms with Crippen molar-refractivity contribution in [2.75, 3.05) is 7.11 Å². The predicted molar refractivity (Wildman–Crippen MR) is 81.2 cm³/mol. The number of ether oxygens (including phenoxy) is 1. The molecular formula is C11H8I2N2O2. The van der Waals surface area contributed by atoms with Gasteiger partial charge in [-0.1, -0.05) is 0 Å². The molecule has 1 aromatic rings. The van der Waals surface area contributed by atoms with E-state index < -0.39 is 5.91 Å². The second kappa shape index (κ2) is 6.20. The van der Waals surface area contributed by atoms with E-state index in [-0.39, 0.29) is 5.57 Å². The van der Waals surface area contributed by atoms with Crippen LogP contribution in [0.4, 0.5) is 0 Å². The summed E-state index contributed by atoms with van der Waals surface area (Å²) in [6, 6.07) is 5.53. The first-order valence-electron chi connectivity index (χ1n) is 4.44. The summed E-state index contributed by atoms with van der Waals surface area (Å²) in [6.45, 7) is 0. The highest BCUT2D eigenvalue weighted by Crippen LogP contribution is 2.29. The lowest BCUT2D eigenvalue weighted by Gasteiger charge is -2.08. The molecule has 17 heavy (non-hydrogen) atoms. The summed E-state index contributed by atoms with van der Waals surface area (Å²) in [6.07, 6.45) is 1.44. The second-order valence-corrected chi connectivity index (χ2v) is 5.45. The molecule has 0 radical (unpaired) electrons. The number of amides is 1. The number of nitrogens with zero attached hydrogens (tertiary/aromatic N) is 1. The maximum Gasteiger partial charge on any atom is 0.259 e. The first-order valence-corrected chi connectivity index (χ1v) is 6.60. The SMILES string of the molecule is COc1c(I)cc(I)cc1C=C(C#N)C(N)=O. The monoisotopic (exact) mass is 454 g/mol. The Balaban J connectivity index is 3.41. The normalized spacial score (nSPS) is 10.8. The summed E-state index contributed by atoms with van der Waals surface area (Å²) < 4.78 is 7.13. The molecule has 0 spiro atoms. The molecule has 0 aromatic heterocycles. The Morgan fingerprint density at radius 1 is 1.53 bits per heavy atom. The van der Waals surface area contributed by atoms with Crippen molar-refractivity contribution in [1.82, 2.24) is 0 Å². The fourth-order valence-corrected chi connectivity index (χ4v) is 3.33. The Hall–Kier alpha value is -0.820. The summed E-state index contributed by atoms with van der Waals surface area (Å²) in [7, 11) is 1.54. The Bertz CT molecular complexity index is 533. The van der Waals surface area contributed by atoms with E-state index in [4.69, 9.17) is 15.7 Å². The Morgan fingerprint density at radius 2 is 2.18 bits per heavy atom. The van der Waals surface area contributed by atoms with Crippen LogP contribution in [0.25, 0.3) is 6.08 Å². The molecule has 2 N–H and O–H groups in total. The van der Waals surface area contributed by atoms with Gasteiger partial charge in [-0.15, -0.1) is 0 Å². The van der Waals surface area contributed by atoms with Crippen molar-refractivity contribution in [2.45, 2.75) is 0 Å². The number of carbonyl (C=O) groups is 1. The summed E-state index contributed by atoms with van der Waals surface area (Å²) >= 11 is 4.28. The van der Waals surface area contributed by atoms with Gasteiger partial charge in [0.1, 0.15) is 17.4 Å². The van der Waals surface area contributed by atoms with E-state index in [9.17, 15) is 4.79 Å². The third kappa shape index (κ3) is 3.57. The lowest BCUT2D eigenvalue weighted by atomic mass is 10.1. The van der Waals surface area contributed by atoms with Crippen molar-refractivity contribution in [2.24, 2.45) is 5.73 Å². The molecule has 0 atom stereocenters. The van der Waals surface area contributed by atoms with Crippen molar-refractivity contribution in [3.8, 4) is 11.8 Å². The Kier molecular flexibility index (Phi) is 5.20. The van der Waals surface area contributed by atoms with Crippen LogP contribution in [0.1, 0.15) is 5.56 Å². The maximum absolute atomic E-state index is 11.0. The summed E-state index contributed by atoms with van der Waals surface area (Å²) in [4.78, 5) is 11.0. The van der Waals surface area contributed by atoms with Gasteiger partial charge in [-0.3, -0.25) is 4.79 Å². The van der Waals surface area contributed by atoms with Crippen molar-refractivity contribution >= 4 is 57.2 Å². The maximum atomic E-state index is 11.0. The van der Waals surface area contributed by atoms with Crippen molar-refractivity contribution in [3.63, 3.8) is 0 Å². The zero-order valence-corrected chi connectivity index (χ0v) is 13.1. The smallest absolute Gasteiger partial charge is 0.259 e. The van der Waals surface area contributed by atoms with Gasteiger partial charge in [-0.2, -0.15) is 5.26 Å². The van der Waals surface area contributed by atoms with Crippen LogP contribution >= 0.6 is 45.2 Å². The molecule has 1 amide bonds. The van der Waals surface area contributed by atoms with Gasteiger partial charge in [0.2, 0.25) is 0 Å². The van der Waals surface area contributed by atoms with Gasteiger partial charge in [0.25, 0.3) is 5.91 Å². The molecule has 0 unspecified atom stereocenters. The number of nitrogens with two attached hydrogens (primary N) is 1. The number of benzene rings is 1. The van der Waals surface area contributed by atoms with Gasteiger partial charge in [0, 0.05) is 9.13 Å². The van der Waals surface area contributed by atoms with Crippen LogP contribution in [-0.4, -0.2) is 13.0 Å². The molecular weight excluding hydrogens is 446 g/mol. The Labute approximate surface area is 126 Å². The fourth-order valence-electron chi connectivity index (χ4n) is 1.22. The minimum Gasteiger partial charge on any atom is -0.495 e. The molecule has 0 aliphatic rings. The van der Waals surface area contributed by atoms with E-state index in [0.29, 0.717) is 11.3 Å². The first-order chi connectivity index (χ1) is 7.99. The van der Waals surface area contributed by atoms with Gasteiger partial charge in [0.15, 0.2) is 0 Å². The minimum absolute atomic E-state index is 0.0962. The van der Waals surface area contributed by atoms with Gasteiger partial charge < -0.3 is 10.5 Å². The van der Waals surface area contributed by atoms with E-state index in [0.717, 1.165) is 7.14 Å². The van der Waals surface area contributed by atoms with E-state index in [1.54, 1.807) is 6.07 Å². The number of nitriles is 1. The van der Waals surface area contributed by atoms with Crippen molar-refractivity contribution in [3.05, 3.63) is 30.4 Å². The topological polar surface area (TPSA) is 76.1 Å². The van der Waals surface area contributed by atoms with Gasteiger partial charge in [-0.05, 0) is 63.4 Å². The first kappa shape index (κ1) is 14.2. The van der Waals surface area contributed by atoms with Crippen molar-refractivity contribution < 1.29 is 9.53 Å². The number of halogens is 2. The Morgan fingerprint density at radius 3 is 2.65 bits per heavy atom. The standard InChI is InChI=1S/C11H8I2N2O2/c1-17-10-6(2-7(5-14)11(15)16)3-8(12)4-9(10)13/h2-4H,1H3,(H2,15,16). The second-order valence-electron chi connectivity index (χ2n) is 3.04. The molecule has 0 saturated carbocycles. The van der Waals surface area contributed by atoms with Gasteiger partial charge in [0.05, 0.1) is 10.7 Å². The van der Waals surface area contributed by atoms with E-state index >= 15 is 0 Å². The van der Waals surface area contributed by atoms with Crippen LogP contribution in [0, 0.1) is 18.5 Å². The number of hydrogen-bond acceptors (Lipinski definition) is 3. The average molecular weight is 454 g/mol. The summed E-state index contributed by atoms with van der Waals surface area (Å²) in [5.41, 5.74) is 5.66. The van der Waals surface area contributed by atoms with Crippen LogP contribution in [0.5, 0.6) is 5.75 Å². The van der Waals surface area contributed by atoms with Crippen LogP contribution in [0.15, 0.2) is 17.7 Å². The largest absolute Gasteiger partial charge is 0.495 e. The quantitative estimate of drug-likeness (QED) is 0.433. The lowest BCUT2D eigenvalue weighted by molar-refractivity contribution is -0.114. The molecule has 4 nitrogen and oxygen atoms in total. The van der Waals surface area contributed by atoms with E-state index in [1.807, 2.05) is 12.1 Å². The third-order valence-corrected chi connectivity index (χ3v) is 3.35. The molecule has 0 aliphatic heterocycles. The lowest BCUT2D eigenvalue weighted by Crippen LogP contribution is -2.12. The summed E-state index contributed by atoms with van der Waals surface area (Å²) in [5.74, 6) is -0.122. The van der Waals surface area contributed by atoms with Crippen LogP contribution in [0.2, 0.25) is 0 Å². The van der Waals surface area contributed by atoms with Crippen LogP contribution in [-0.2, 0) is 4.79 Å². The molecule has 6 heteroatoms. The zero-order valence-electron chi connectivity index (χ0n) is 8.83. The number of rotatable bonds is 3. The van der Waals surface area contributed by atoms with E-state index in [2.05, 4.69) is 45.2 Å². The van der Waals surface area contributed by atoms with Gasteiger partial charge in [-0.25, -0.2) is 0 Å². The highest BCUT2D eigenvalue weighted by molar-refractivity contribution is 14.1. The fraction of sp³-hybridized carbons (Fsp3) is 0.0909. The van der Waals surface area contributed by atoms with E-state index in [1.165, 1.54) is 13.2 Å². The number of methoxy groups -OCH3 is 1. The van der Waals surface area contributed by atoms with Crippen molar-refractivity contribution in [1.29, 1.82) is 5.26 Å². The number of hydrogen-bond donors (Lipinski definition) is 1. The molecule has 88 valence electrons. The third-order valence-electron chi connectivity index (χ3n) is 1.93. The number of carbonyl (C=O) groups excluding carboxylic acids is 1. The predicted octanol–water partition coefficient (Wildman–Crippen LogP) is 2.30. The highest BCUT2D eigenvalue weighted by atomic mass is 127. The number of primary amides is 1. The van der Waals surface area contributed by atoms with Crippen LogP contribution < -0.4 is 10.5 Å². The molecule has 0 fully saturated rings. The summed E-state index contributed by atoms with van der Waals surface area (Å²) in [5, 5.41) is 8.80.